The van der Waals surface area contributed by atoms with Crippen LogP contribution in [0, 0.1) is 0 Å². The fourth-order valence-electron chi connectivity index (χ4n) is 0.932. The van der Waals surface area contributed by atoms with Gasteiger partial charge in [0, 0.05) is 6.42 Å². The zero-order valence-electron chi connectivity index (χ0n) is 6.92. The zero-order valence-corrected chi connectivity index (χ0v) is 6.92. The van der Waals surface area contributed by atoms with E-state index >= 15 is 0 Å². The molecule has 0 amide bonds. The normalized spacial score (nSPS) is 15.5. The third kappa shape index (κ3) is 3.08. The summed E-state index contributed by atoms with van der Waals surface area (Å²) in [6.45, 7) is 2.18. The van der Waals surface area contributed by atoms with Crippen LogP contribution in [0.1, 0.15) is 26.2 Å². The molecule has 0 radical (unpaired) electrons. The number of hydrogen-bond donors (Lipinski definition) is 0. The quantitative estimate of drug-likeness (QED) is 0.600. The van der Waals surface area contributed by atoms with Crippen LogP contribution in [0.15, 0.2) is 36.3 Å². The van der Waals surface area contributed by atoms with E-state index in [4.69, 9.17) is 4.74 Å². The Hall–Kier alpha value is -0.980. The molecule has 1 rings (SSSR count). The number of unbranched alkanes of at least 4 members (excludes halogenated alkanes) is 1. The van der Waals surface area contributed by atoms with Crippen molar-refractivity contribution in [2.75, 3.05) is 0 Å². The van der Waals surface area contributed by atoms with Crippen LogP contribution in [0.5, 0.6) is 0 Å². The molecule has 1 aliphatic rings. The van der Waals surface area contributed by atoms with Crippen LogP contribution in [-0.4, -0.2) is 0 Å². The van der Waals surface area contributed by atoms with Gasteiger partial charge in [-0.1, -0.05) is 25.5 Å². The Labute approximate surface area is 68.1 Å². The Morgan fingerprint density at radius 2 is 2.18 bits per heavy atom. The maximum Gasteiger partial charge on any atom is 0.103 e. The first-order chi connectivity index (χ1) is 5.43. The zero-order chi connectivity index (χ0) is 7.94. The van der Waals surface area contributed by atoms with Gasteiger partial charge in [0.05, 0.1) is 6.26 Å². The van der Waals surface area contributed by atoms with Gasteiger partial charge in [0.25, 0.3) is 0 Å². The lowest BCUT2D eigenvalue weighted by atomic mass is 10.2. The summed E-state index contributed by atoms with van der Waals surface area (Å²) in [5.74, 6) is 1.07. The molecule has 1 aliphatic heterocycles. The molecule has 0 aliphatic carbocycles. The van der Waals surface area contributed by atoms with Crippen LogP contribution in [0.4, 0.5) is 0 Å². The second kappa shape index (κ2) is 4.78. The third-order valence-electron chi connectivity index (χ3n) is 1.58. The summed E-state index contributed by atoms with van der Waals surface area (Å²) >= 11 is 0. The first-order valence-electron chi connectivity index (χ1n) is 4.12. The standard InChI is InChI=1S/C10H14O/c1-2-3-7-10-8-5-4-6-9-11-10/h4-6,8-9H,2-3,7H2,1H3. The number of hydrogen-bond acceptors (Lipinski definition) is 1. The van der Waals surface area contributed by atoms with Crippen LogP contribution < -0.4 is 0 Å². The first kappa shape index (κ1) is 8.12. The molecule has 11 heavy (non-hydrogen) atoms. The van der Waals surface area contributed by atoms with E-state index in [-0.39, 0.29) is 0 Å². The Balaban J connectivity index is 2.38. The van der Waals surface area contributed by atoms with Gasteiger partial charge in [0.2, 0.25) is 0 Å². The molecule has 0 atom stereocenters. The van der Waals surface area contributed by atoms with Gasteiger partial charge in [0.15, 0.2) is 0 Å². The van der Waals surface area contributed by atoms with E-state index in [1.54, 1.807) is 6.26 Å². The summed E-state index contributed by atoms with van der Waals surface area (Å²) in [6, 6.07) is 0. The van der Waals surface area contributed by atoms with Crippen molar-refractivity contribution in [3.05, 3.63) is 36.3 Å². The predicted molar refractivity (Wildman–Crippen MR) is 47.0 cm³/mol. The van der Waals surface area contributed by atoms with Crippen molar-refractivity contribution in [3.63, 3.8) is 0 Å². The van der Waals surface area contributed by atoms with E-state index in [9.17, 15) is 0 Å². The molecular weight excluding hydrogens is 136 g/mol. The predicted octanol–water partition coefficient (Wildman–Crippen LogP) is 3.16. The second-order valence-electron chi connectivity index (χ2n) is 2.57. The van der Waals surface area contributed by atoms with Gasteiger partial charge in [0.1, 0.15) is 5.76 Å². The minimum absolute atomic E-state index is 1.05. The third-order valence-corrected chi connectivity index (χ3v) is 1.58. The van der Waals surface area contributed by atoms with Crippen LogP contribution in [0.3, 0.4) is 0 Å². The molecule has 0 saturated carbocycles. The number of rotatable bonds is 3. The van der Waals surface area contributed by atoms with Crippen molar-refractivity contribution in [2.24, 2.45) is 0 Å². The first-order valence-corrected chi connectivity index (χ1v) is 4.12. The van der Waals surface area contributed by atoms with Gasteiger partial charge >= 0.3 is 0 Å². The summed E-state index contributed by atoms with van der Waals surface area (Å²) < 4.78 is 5.32. The highest BCUT2D eigenvalue weighted by Crippen LogP contribution is 2.11. The molecule has 0 bridgehead atoms. The van der Waals surface area contributed by atoms with Crippen molar-refractivity contribution in [1.82, 2.24) is 0 Å². The molecule has 0 N–H and O–H groups in total. The summed E-state index contributed by atoms with van der Waals surface area (Å²) in [6.07, 6.45) is 13.1. The topological polar surface area (TPSA) is 9.23 Å². The van der Waals surface area contributed by atoms with E-state index in [2.05, 4.69) is 6.92 Å². The summed E-state index contributed by atoms with van der Waals surface area (Å²) in [5, 5.41) is 0. The highest BCUT2D eigenvalue weighted by Gasteiger charge is 1.95. The molecule has 0 aromatic rings. The summed E-state index contributed by atoms with van der Waals surface area (Å²) in [7, 11) is 0. The Bertz CT molecular complexity index is 187. The molecule has 0 saturated heterocycles. The van der Waals surface area contributed by atoms with E-state index in [1.807, 2.05) is 24.3 Å². The number of ether oxygens (including phenoxy) is 1. The molecule has 1 heterocycles. The highest BCUT2D eigenvalue weighted by molar-refractivity contribution is 5.16. The molecule has 0 aromatic carbocycles. The largest absolute Gasteiger partial charge is 0.469 e. The van der Waals surface area contributed by atoms with Crippen molar-refractivity contribution in [2.45, 2.75) is 26.2 Å². The van der Waals surface area contributed by atoms with Gasteiger partial charge in [-0.05, 0) is 18.6 Å². The molecule has 0 fully saturated rings. The monoisotopic (exact) mass is 150 g/mol. The maximum absolute atomic E-state index is 5.32. The average molecular weight is 150 g/mol. The highest BCUT2D eigenvalue weighted by atomic mass is 16.5. The Kier molecular flexibility index (Phi) is 3.53. The molecule has 0 spiro atoms. The van der Waals surface area contributed by atoms with E-state index < -0.39 is 0 Å². The maximum atomic E-state index is 5.32. The van der Waals surface area contributed by atoms with Crippen LogP contribution in [-0.2, 0) is 4.74 Å². The average Bonchev–Trinajstić information content (AvgIpc) is 2.28. The lowest BCUT2D eigenvalue weighted by molar-refractivity contribution is 0.331. The van der Waals surface area contributed by atoms with Gasteiger partial charge in [-0.25, -0.2) is 0 Å². The van der Waals surface area contributed by atoms with Gasteiger partial charge in [-0.15, -0.1) is 0 Å². The SMILES string of the molecule is CCCCC1=CC=CC=CO1. The van der Waals surface area contributed by atoms with Crippen molar-refractivity contribution < 1.29 is 4.74 Å². The summed E-state index contributed by atoms with van der Waals surface area (Å²) in [5.41, 5.74) is 0. The van der Waals surface area contributed by atoms with Crippen molar-refractivity contribution in [3.8, 4) is 0 Å². The lowest BCUT2D eigenvalue weighted by Gasteiger charge is -2.02. The van der Waals surface area contributed by atoms with E-state index in [1.165, 1.54) is 12.8 Å². The van der Waals surface area contributed by atoms with Crippen LogP contribution >= 0.6 is 0 Å². The fraction of sp³-hybridized carbons (Fsp3) is 0.400. The van der Waals surface area contributed by atoms with Gasteiger partial charge < -0.3 is 4.74 Å². The van der Waals surface area contributed by atoms with Crippen LogP contribution in [0.2, 0.25) is 0 Å². The summed E-state index contributed by atoms with van der Waals surface area (Å²) in [4.78, 5) is 0. The fourth-order valence-corrected chi connectivity index (χ4v) is 0.932. The van der Waals surface area contributed by atoms with E-state index in [0.29, 0.717) is 0 Å². The minimum Gasteiger partial charge on any atom is -0.469 e. The van der Waals surface area contributed by atoms with Crippen molar-refractivity contribution in [1.29, 1.82) is 0 Å². The molecule has 1 nitrogen and oxygen atoms in total. The minimum atomic E-state index is 1.05. The molecule has 60 valence electrons. The van der Waals surface area contributed by atoms with Gasteiger partial charge in [-0.3, -0.25) is 0 Å². The molecule has 0 unspecified atom stereocenters. The smallest absolute Gasteiger partial charge is 0.103 e. The lowest BCUT2D eigenvalue weighted by Crippen LogP contribution is -1.84. The number of allylic oxidation sites excluding steroid dienone is 5. The molecular formula is C10H14O. The van der Waals surface area contributed by atoms with Crippen LogP contribution in [0.25, 0.3) is 0 Å². The molecule has 1 heteroatoms. The molecule has 0 aromatic heterocycles. The Morgan fingerprint density at radius 3 is 3.00 bits per heavy atom. The van der Waals surface area contributed by atoms with Crippen molar-refractivity contribution >= 4 is 0 Å². The van der Waals surface area contributed by atoms with Gasteiger partial charge in [-0.2, -0.15) is 0 Å². The van der Waals surface area contributed by atoms with E-state index in [0.717, 1.165) is 12.2 Å². The Morgan fingerprint density at radius 1 is 1.27 bits per heavy atom. The second-order valence-corrected chi connectivity index (χ2v) is 2.57.